The second-order valence-electron chi connectivity index (χ2n) is 4.18. The molecule has 1 aromatic heterocycles. The minimum atomic E-state index is -1.24. The van der Waals surface area contributed by atoms with E-state index in [1.165, 1.54) is 10.9 Å². The molecule has 0 saturated heterocycles. The van der Waals surface area contributed by atoms with Crippen LogP contribution in [-0.4, -0.2) is 27.9 Å². The SMILES string of the molecule is CNC(Cn1cc(Cl)cn1)(C(=O)O)c1ccccc1. The fraction of sp³-hybridized carbons (Fsp3) is 0.231. The topological polar surface area (TPSA) is 67.2 Å². The van der Waals surface area contributed by atoms with Crippen molar-refractivity contribution in [3.05, 3.63) is 53.3 Å². The fourth-order valence-electron chi connectivity index (χ4n) is 2.00. The number of halogens is 1. The molecular formula is C13H14ClN3O2. The number of benzene rings is 1. The number of carbonyl (C=O) groups is 1. The van der Waals surface area contributed by atoms with Crippen molar-refractivity contribution in [1.82, 2.24) is 15.1 Å². The Morgan fingerprint density at radius 2 is 2.16 bits per heavy atom. The van der Waals surface area contributed by atoms with Gasteiger partial charge in [-0.2, -0.15) is 5.10 Å². The van der Waals surface area contributed by atoms with E-state index in [-0.39, 0.29) is 6.54 Å². The van der Waals surface area contributed by atoms with E-state index < -0.39 is 11.5 Å². The van der Waals surface area contributed by atoms with Crippen LogP contribution in [-0.2, 0) is 16.9 Å². The highest BCUT2D eigenvalue weighted by atomic mass is 35.5. The molecule has 0 aliphatic carbocycles. The van der Waals surface area contributed by atoms with E-state index in [4.69, 9.17) is 11.6 Å². The van der Waals surface area contributed by atoms with E-state index in [0.717, 1.165) is 0 Å². The molecule has 1 atom stereocenters. The van der Waals surface area contributed by atoms with E-state index in [9.17, 15) is 9.90 Å². The van der Waals surface area contributed by atoms with Gasteiger partial charge in [-0.15, -0.1) is 0 Å². The molecule has 1 heterocycles. The zero-order chi connectivity index (χ0) is 13.9. The van der Waals surface area contributed by atoms with Crippen LogP contribution in [0, 0.1) is 0 Å². The first-order chi connectivity index (χ1) is 9.08. The molecule has 1 aromatic carbocycles. The molecule has 0 aliphatic heterocycles. The van der Waals surface area contributed by atoms with Crippen molar-refractivity contribution in [1.29, 1.82) is 0 Å². The Balaban J connectivity index is 2.43. The predicted octanol–water partition coefficient (Wildman–Crippen LogP) is 1.74. The highest BCUT2D eigenvalue weighted by molar-refractivity contribution is 6.30. The van der Waals surface area contributed by atoms with Crippen molar-refractivity contribution in [2.75, 3.05) is 7.05 Å². The van der Waals surface area contributed by atoms with Gasteiger partial charge in [-0.3, -0.25) is 10.00 Å². The second kappa shape index (κ2) is 5.42. The van der Waals surface area contributed by atoms with Crippen LogP contribution in [0.3, 0.4) is 0 Å². The third-order valence-corrected chi connectivity index (χ3v) is 3.25. The van der Waals surface area contributed by atoms with Crippen molar-refractivity contribution in [3.63, 3.8) is 0 Å². The number of carboxylic acid groups (broad SMARTS) is 1. The molecular weight excluding hydrogens is 266 g/mol. The zero-order valence-electron chi connectivity index (χ0n) is 10.4. The van der Waals surface area contributed by atoms with Gasteiger partial charge < -0.3 is 5.11 Å². The average molecular weight is 280 g/mol. The molecule has 0 fully saturated rings. The molecule has 0 spiro atoms. The van der Waals surface area contributed by atoms with Crippen LogP contribution in [0.15, 0.2) is 42.7 Å². The number of rotatable bonds is 5. The van der Waals surface area contributed by atoms with Crippen LogP contribution in [0.25, 0.3) is 0 Å². The van der Waals surface area contributed by atoms with Gasteiger partial charge in [-0.05, 0) is 12.6 Å². The summed E-state index contributed by atoms with van der Waals surface area (Å²) in [5.74, 6) is -0.965. The van der Waals surface area contributed by atoms with E-state index >= 15 is 0 Å². The van der Waals surface area contributed by atoms with Gasteiger partial charge in [0.05, 0.1) is 17.8 Å². The van der Waals surface area contributed by atoms with Crippen LogP contribution >= 0.6 is 11.6 Å². The van der Waals surface area contributed by atoms with Crippen LogP contribution in [0.5, 0.6) is 0 Å². The van der Waals surface area contributed by atoms with E-state index in [2.05, 4.69) is 10.4 Å². The smallest absolute Gasteiger partial charge is 0.330 e. The molecule has 2 aromatic rings. The maximum atomic E-state index is 11.7. The Morgan fingerprint density at radius 1 is 1.47 bits per heavy atom. The molecule has 0 aliphatic rings. The summed E-state index contributed by atoms with van der Waals surface area (Å²) in [6, 6.07) is 9.00. The van der Waals surface area contributed by atoms with Gasteiger partial charge in [0.1, 0.15) is 0 Å². The Labute approximate surface area is 115 Å². The van der Waals surface area contributed by atoms with Crippen molar-refractivity contribution in [3.8, 4) is 0 Å². The molecule has 19 heavy (non-hydrogen) atoms. The Morgan fingerprint density at radius 3 is 2.63 bits per heavy atom. The summed E-state index contributed by atoms with van der Waals surface area (Å²) in [5.41, 5.74) is -0.576. The Kier molecular flexibility index (Phi) is 3.87. The Bertz CT molecular complexity index is 570. The first-order valence-corrected chi connectivity index (χ1v) is 6.12. The number of aliphatic carboxylic acids is 1. The lowest BCUT2D eigenvalue weighted by Crippen LogP contribution is -2.50. The quantitative estimate of drug-likeness (QED) is 0.875. The highest BCUT2D eigenvalue weighted by Gasteiger charge is 2.39. The molecule has 2 N–H and O–H groups in total. The number of nitrogens with zero attached hydrogens (tertiary/aromatic N) is 2. The fourth-order valence-corrected chi connectivity index (χ4v) is 2.16. The van der Waals surface area contributed by atoms with Crippen molar-refractivity contribution in [2.45, 2.75) is 12.1 Å². The van der Waals surface area contributed by atoms with Crippen LogP contribution in [0.2, 0.25) is 5.02 Å². The number of carboxylic acids is 1. The van der Waals surface area contributed by atoms with Crippen molar-refractivity contribution in [2.24, 2.45) is 0 Å². The van der Waals surface area contributed by atoms with Gasteiger partial charge in [0.25, 0.3) is 0 Å². The van der Waals surface area contributed by atoms with Crippen LogP contribution in [0.1, 0.15) is 5.56 Å². The predicted molar refractivity (Wildman–Crippen MR) is 72.1 cm³/mol. The summed E-state index contributed by atoms with van der Waals surface area (Å²) in [7, 11) is 1.62. The molecule has 1 unspecified atom stereocenters. The molecule has 2 rings (SSSR count). The summed E-state index contributed by atoms with van der Waals surface area (Å²) >= 11 is 5.81. The van der Waals surface area contributed by atoms with Gasteiger partial charge in [-0.1, -0.05) is 41.9 Å². The number of aromatic nitrogens is 2. The Hall–Kier alpha value is -1.85. The summed E-state index contributed by atoms with van der Waals surface area (Å²) in [6.07, 6.45) is 3.08. The molecule has 6 heteroatoms. The van der Waals surface area contributed by atoms with E-state index in [1.54, 1.807) is 37.5 Å². The maximum Gasteiger partial charge on any atom is 0.330 e. The largest absolute Gasteiger partial charge is 0.480 e. The first-order valence-electron chi connectivity index (χ1n) is 5.74. The van der Waals surface area contributed by atoms with E-state index in [1.807, 2.05) is 6.07 Å². The highest BCUT2D eigenvalue weighted by Crippen LogP contribution is 2.24. The molecule has 0 radical (unpaired) electrons. The monoisotopic (exact) mass is 279 g/mol. The average Bonchev–Trinajstić information content (AvgIpc) is 2.82. The van der Waals surface area contributed by atoms with Gasteiger partial charge in [0.15, 0.2) is 5.54 Å². The molecule has 5 nitrogen and oxygen atoms in total. The van der Waals surface area contributed by atoms with Crippen LogP contribution < -0.4 is 5.32 Å². The van der Waals surface area contributed by atoms with Gasteiger partial charge in [0.2, 0.25) is 0 Å². The van der Waals surface area contributed by atoms with Gasteiger partial charge in [0, 0.05) is 6.20 Å². The second-order valence-corrected chi connectivity index (χ2v) is 4.62. The van der Waals surface area contributed by atoms with Gasteiger partial charge >= 0.3 is 5.97 Å². The standard InChI is InChI=1S/C13H14ClN3O2/c1-15-13(12(18)19,10-5-3-2-4-6-10)9-17-8-11(14)7-16-17/h2-8,15H,9H2,1H3,(H,18,19). The third-order valence-electron chi connectivity index (χ3n) is 3.06. The molecule has 0 amide bonds. The summed E-state index contributed by atoms with van der Waals surface area (Å²) in [5, 5.41) is 17.0. The molecule has 0 bridgehead atoms. The number of likely N-dealkylation sites (N-methyl/N-ethyl adjacent to an activating group) is 1. The lowest BCUT2D eigenvalue weighted by Gasteiger charge is -2.29. The van der Waals surface area contributed by atoms with Crippen LogP contribution in [0.4, 0.5) is 0 Å². The van der Waals surface area contributed by atoms with Gasteiger partial charge in [-0.25, -0.2) is 4.79 Å². The zero-order valence-corrected chi connectivity index (χ0v) is 11.1. The lowest BCUT2D eigenvalue weighted by atomic mass is 9.90. The maximum absolute atomic E-state index is 11.7. The number of nitrogens with one attached hydrogen (secondary N) is 1. The summed E-state index contributed by atoms with van der Waals surface area (Å²) in [4.78, 5) is 11.7. The van der Waals surface area contributed by atoms with E-state index in [0.29, 0.717) is 10.6 Å². The lowest BCUT2D eigenvalue weighted by molar-refractivity contribution is -0.146. The molecule has 100 valence electrons. The van der Waals surface area contributed by atoms with Crippen molar-refractivity contribution >= 4 is 17.6 Å². The third kappa shape index (κ3) is 2.62. The summed E-state index contributed by atoms with van der Waals surface area (Å²) in [6.45, 7) is 0.148. The van der Waals surface area contributed by atoms with Crippen molar-refractivity contribution < 1.29 is 9.90 Å². The first kappa shape index (κ1) is 13.6. The summed E-state index contributed by atoms with van der Waals surface area (Å²) < 4.78 is 1.51. The minimum absolute atomic E-state index is 0.148. The normalized spacial score (nSPS) is 14.0. The minimum Gasteiger partial charge on any atom is -0.480 e. The number of hydrogen-bond acceptors (Lipinski definition) is 3. The molecule has 0 saturated carbocycles. The number of hydrogen-bond donors (Lipinski definition) is 2.